The van der Waals surface area contributed by atoms with Gasteiger partial charge in [0.1, 0.15) is 6.04 Å². The minimum absolute atomic E-state index is 0.199. The highest BCUT2D eigenvalue weighted by Crippen LogP contribution is 2.29. The second-order valence-corrected chi connectivity index (χ2v) is 4.54. The van der Waals surface area contributed by atoms with E-state index in [4.69, 9.17) is 22.4 Å². The van der Waals surface area contributed by atoms with Crippen molar-refractivity contribution in [3.8, 4) is 0 Å². The van der Waals surface area contributed by atoms with Gasteiger partial charge in [-0.05, 0) is 12.1 Å². The average molecular weight is 220 g/mol. The SMILES string of the molecule is CC(c1ccc(Cl)s1)C(N)C(=O)O. The molecule has 0 radical (unpaired) electrons. The van der Waals surface area contributed by atoms with Crippen molar-refractivity contribution in [2.24, 2.45) is 5.73 Å². The third-order valence-electron chi connectivity index (χ3n) is 1.87. The Morgan fingerprint density at radius 3 is 2.69 bits per heavy atom. The Hall–Kier alpha value is -0.580. The Labute approximate surface area is 85.1 Å². The fraction of sp³-hybridized carbons (Fsp3) is 0.375. The van der Waals surface area contributed by atoms with Crippen LogP contribution >= 0.6 is 22.9 Å². The lowest BCUT2D eigenvalue weighted by Gasteiger charge is -2.13. The van der Waals surface area contributed by atoms with Gasteiger partial charge in [0.2, 0.25) is 0 Å². The van der Waals surface area contributed by atoms with E-state index in [0.717, 1.165) is 4.88 Å². The molecule has 0 spiro atoms. The maximum Gasteiger partial charge on any atom is 0.321 e. The minimum Gasteiger partial charge on any atom is -0.480 e. The summed E-state index contributed by atoms with van der Waals surface area (Å²) in [6.07, 6.45) is 0. The number of carboxylic acids is 1. The summed E-state index contributed by atoms with van der Waals surface area (Å²) in [5.41, 5.74) is 5.47. The fourth-order valence-corrected chi connectivity index (χ4v) is 2.12. The van der Waals surface area contributed by atoms with Gasteiger partial charge < -0.3 is 10.8 Å². The van der Waals surface area contributed by atoms with Crippen molar-refractivity contribution in [2.75, 3.05) is 0 Å². The molecule has 1 heterocycles. The Bertz CT molecular complexity index is 313. The molecule has 1 rings (SSSR count). The number of halogens is 1. The first kappa shape index (κ1) is 10.5. The van der Waals surface area contributed by atoms with E-state index in [1.165, 1.54) is 11.3 Å². The highest BCUT2D eigenvalue weighted by atomic mass is 35.5. The van der Waals surface area contributed by atoms with E-state index < -0.39 is 12.0 Å². The topological polar surface area (TPSA) is 63.3 Å². The summed E-state index contributed by atoms with van der Waals surface area (Å²) < 4.78 is 0.652. The molecule has 0 aliphatic carbocycles. The van der Waals surface area contributed by atoms with E-state index in [-0.39, 0.29) is 5.92 Å². The van der Waals surface area contributed by atoms with Crippen LogP contribution in [0.15, 0.2) is 12.1 Å². The quantitative estimate of drug-likeness (QED) is 0.817. The molecule has 0 bridgehead atoms. The smallest absolute Gasteiger partial charge is 0.321 e. The molecule has 5 heteroatoms. The summed E-state index contributed by atoms with van der Waals surface area (Å²) >= 11 is 7.08. The van der Waals surface area contributed by atoms with Crippen molar-refractivity contribution >= 4 is 28.9 Å². The van der Waals surface area contributed by atoms with Crippen LogP contribution in [0.2, 0.25) is 4.34 Å². The molecular formula is C8H10ClNO2S. The van der Waals surface area contributed by atoms with Gasteiger partial charge in [-0.2, -0.15) is 0 Å². The number of thiophene rings is 1. The molecule has 0 aliphatic rings. The maximum absolute atomic E-state index is 10.6. The molecular weight excluding hydrogens is 210 g/mol. The summed E-state index contributed by atoms with van der Waals surface area (Å²) in [5, 5.41) is 8.67. The average Bonchev–Trinajstić information content (AvgIpc) is 2.49. The summed E-state index contributed by atoms with van der Waals surface area (Å²) in [7, 11) is 0. The Balaban J connectivity index is 2.78. The summed E-state index contributed by atoms with van der Waals surface area (Å²) in [4.78, 5) is 11.5. The summed E-state index contributed by atoms with van der Waals surface area (Å²) in [5.74, 6) is -1.19. The van der Waals surface area contributed by atoms with Crippen LogP contribution in [0.1, 0.15) is 17.7 Å². The minimum atomic E-state index is -0.989. The first-order valence-electron chi connectivity index (χ1n) is 3.76. The fourth-order valence-electron chi connectivity index (χ4n) is 0.964. The van der Waals surface area contributed by atoms with Crippen molar-refractivity contribution in [2.45, 2.75) is 18.9 Å². The molecule has 2 unspecified atom stereocenters. The summed E-state index contributed by atoms with van der Waals surface area (Å²) in [6, 6.07) is 2.68. The summed E-state index contributed by atoms with van der Waals surface area (Å²) in [6.45, 7) is 1.78. The molecule has 1 aromatic rings. The van der Waals surface area contributed by atoms with Gasteiger partial charge in [0.25, 0.3) is 0 Å². The molecule has 3 N–H and O–H groups in total. The van der Waals surface area contributed by atoms with Crippen molar-refractivity contribution in [3.05, 3.63) is 21.3 Å². The van der Waals surface area contributed by atoms with E-state index in [1.54, 1.807) is 19.1 Å². The van der Waals surface area contributed by atoms with E-state index in [2.05, 4.69) is 0 Å². The van der Waals surface area contributed by atoms with Crippen molar-refractivity contribution in [1.29, 1.82) is 0 Å². The Morgan fingerprint density at radius 1 is 1.69 bits per heavy atom. The number of carboxylic acid groups (broad SMARTS) is 1. The molecule has 3 nitrogen and oxygen atoms in total. The first-order valence-corrected chi connectivity index (χ1v) is 4.95. The van der Waals surface area contributed by atoms with Crippen LogP contribution in [-0.2, 0) is 4.79 Å². The van der Waals surface area contributed by atoms with E-state index >= 15 is 0 Å². The van der Waals surface area contributed by atoms with Gasteiger partial charge in [-0.25, -0.2) is 0 Å². The standard InChI is InChI=1S/C8H10ClNO2S/c1-4(7(10)8(11)12)5-2-3-6(9)13-5/h2-4,7H,10H2,1H3,(H,11,12). The molecule has 0 aromatic carbocycles. The van der Waals surface area contributed by atoms with Crippen LogP contribution in [0.4, 0.5) is 0 Å². The largest absolute Gasteiger partial charge is 0.480 e. The number of nitrogens with two attached hydrogens (primary N) is 1. The lowest BCUT2D eigenvalue weighted by Crippen LogP contribution is -2.34. The van der Waals surface area contributed by atoms with Crippen LogP contribution in [0.5, 0.6) is 0 Å². The third kappa shape index (κ3) is 2.43. The number of hydrogen-bond acceptors (Lipinski definition) is 3. The monoisotopic (exact) mass is 219 g/mol. The molecule has 0 saturated heterocycles. The number of hydrogen-bond donors (Lipinski definition) is 2. The van der Waals surface area contributed by atoms with Gasteiger partial charge in [0.05, 0.1) is 4.34 Å². The molecule has 1 aromatic heterocycles. The normalized spacial score (nSPS) is 15.3. The van der Waals surface area contributed by atoms with Crippen molar-refractivity contribution in [3.63, 3.8) is 0 Å². The highest BCUT2D eigenvalue weighted by molar-refractivity contribution is 7.16. The zero-order valence-corrected chi connectivity index (χ0v) is 8.60. The predicted molar refractivity (Wildman–Crippen MR) is 53.4 cm³/mol. The maximum atomic E-state index is 10.6. The van der Waals surface area contributed by atoms with Gasteiger partial charge >= 0.3 is 5.97 Å². The van der Waals surface area contributed by atoms with E-state index in [9.17, 15) is 4.79 Å². The van der Waals surface area contributed by atoms with Crippen LogP contribution in [-0.4, -0.2) is 17.1 Å². The van der Waals surface area contributed by atoms with Gasteiger partial charge in [-0.1, -0.05) is 18.5 Å². The first-order chi connectivity index (χ1) is 6.02. The lowest BCUT2D eigenvalue weighted by molar-refractivity contribution is -0.138. The van der Waals surface area contributed by atoms with Crippen LogP contribution in [0.3, 0.4) is 0 Å². The van der Waals surface area contributed by atoms with E-state index in [1.807, 2.05) is 0 Å². The van der Waals surface area contributed by atoms with Crippen molar-refractivity contribution < 1.29 is 9.90 Å². The van der Waals surface area contributed by atoms with Gasteiger partial charge in [-0.3, -0.25) is 4.79 Å². The Kier molecular flexibility index (Phi) is 3.30. The number of carbonyl (C=O) groups is 1. The third-order valence-corrected chi connectivity index (χ3v) is 3.30. The molecule has 0 aliphatic heterocycles. The zero-order valence-electron chi connectivity index (χ0n) is 7.03. The van der Waals surface area contributed by atoms with E-state index in [0.29, 0.717) is 4.34 Å². The molecule has 13 heavy (non-hydrogen) atoms. The molecule has 0 saturated carbocycles. The Morgan fingerprint density at radius 2 is 2.31 bits per heavy atom. The van der Waals surface area contributed by atoms with Gasteiger partial charge in [0, 0.05) is 10.8 Å². The highest BCUT2D eigenvalue weighted by Gasteiger charge is 2.22. The molecule has 0 fully saturated rings. The number of aliphatic carboxylic acids is 1. The number of rotatable bonds is 3. The molecule has 0 amide bonds. The zero-order chi connectivity index (χ0) is 10.0. The van der Waals surface area contributed by atoms with Gasteiger partial charge in [-0.15, -0.1) is 11.3 Å². The predicted octanol–water partition coefficient (Wildman–Crippen LogP) is 1.92. The van der Waals surface area contributed by atoms with Crippen LogP contribution < -0.4 is 5.73 Å². The van der Waals surface area contributed by atoms with Crippen LogP contribution in [0.25, 0.3) is 0 Å². The lowest BCUT2D eigenvalue weighted by atomic mass is 10.0. The second-order valence-electron chi connectivity index (χ2n) is 2.79. The molecule has 72 valence electrons. The van der Waals surface area contributed by atoms with Crippen molar-refractivity contribution in [1.82, 2.24) is 0 Å². The molecule has 2 atom stereocenters. The van der Waals surface area contributed by atoms with Gasteiger partial charge in [0.15, 0.2) is 0 Å². The second kappa shape index (κ2) is 4.09. The van der Waals surface area contributed by atoms with Crippen LogP contribution in [0, 0.1) is 0 Å².